The molecule has 0 aliphatic rings. The summed E-state index contributed by atoms with van der Waals surface area (Å²) in [5.41, 5.74) is 7.02. The van der Waals surface area contributed by atoms with Gasteiger partial charge in [-0.15, -0.1) is 0 Å². The minimum Gasteiger partial charge on any atom is -0.461 e. The summed E-state index contributed by atoms with van der Waals surface area (Å²) in [4.78, 5) is 66.9. The van der Waals surface area contributed by atoms with Gasteiger partial charge in [-0.3, -0.25) is 24.1 Å². The van der Waals surface area contributed by atoms with E-state index in [2.05, 4.69) is 10.6 Å². The molecule has 0 radical (unpaired) electrons. The first-order chi connectivity index (χ1) is 21.8. The van der Waals surface area contributed by atoms with E-state index in [4.69, 9.17) is 15.2 Å². The summed E-state index contributed by atoms with van der Waals surface area (Å²) in [6, 6.07) is 23.2. The minimum atomic E-state index is -1.46. The zero-order valence-electron chi connectivity index (χ0n) is 26.6. The molecule has 3 rings (SSSR count). The summed E-state index contributed by atoms with van der Waals surface area (Å²) in [5.74, 6) is -3.08. The van der Waals surface area contributed by atoms with E-state index in [9.17, 15) is 24.0 Å². The smallest absolute Gasteiger partial charge is 0.410 e. The Labute approximate surface area is 269 Å². The third-order valence-electron chi connectivity index (χ3n) is 6.91. The largest absolute Gasteiger partial charge is 0.461 e. The molecule has 46 heavy (non-hydrogen) atoms. The van der Waals surface area contributed by atoms with Crippen LogP contribution in [0, 0.1) is 0 Å². The highest BCUT2D eigenvalue weighted by molar-refractivity contribution is 5.95. The molecule has 0 saturated heterocycles. The highest BCUT2D eigenvalue weighted by atomic mass is 16.6. The van der Waals surface area contributed by atoms with Crippen molar-refractivity contribution in [3.63, 3.8) is 0 Å². The quantitative estimate of drug-likeness (QED) is 0.231. The van der Waals surface area contributed by atoms with Crippen LogP contribution in [0.1, 0.15) is 43.9 Å². The molecule has 0 heterocycles. The lowest BCUT2D eigenvalue weighted by Gasteiger charge is -2.31. The van der Waals surface area contributed by atoms with Crippen molar-refractivity contribution in [1.82, 2.24) is 15.5 Å². The molecule has 4 amide bonds. The van der Waals surface area contributed by atoms with Crippen LogP contribution in [0.5, 0.6) is 0 Å². The molecule has 0 saturated carbocycles. The minimum absolute atomic E-state index is 0.0438. The third kappa shape index (κ3) is 11.7. The van der Waals surface area contributed by atoms with Crippen LogP contribution in [0.25, 0.3) is 0 Å². The maximum Gasteiger partial charge on any atom is 0.410 e. The van der Waals surface area contributed by atoms with Crippen LogP contribution in [0.4, 0.5) is 4.79 Å². The Balaban J connectivity index is 1.86. The molecule has 0 fully saturated rings. The molecule has 0 aromatic heterocycles. The van der Waals surface area contributed by atoms with Crippen LogP contribution in [0.15, 0.2) is 91.0 Å². The van der Waals surface area contributed by atoms with Crippen molar-refractivity contribution in [2.75, 3.05) is 7.05 Å². The molecule has 0 spiro atoms. The molecule has 0 aliphatic heterocycles. The van der Waals surface area contributed by atoms with Crippen LogP contribution in [-0.4, -0.2) is 65.5 Å². The topological polar surface area (TPSA) is 157 Å². The van der Waals surface area contributed by atoms with Gasteiger partial charge in [0.25, 0.3) is 0 Å². The van der Waals surface area contributed by atoms with Crippen LogP contribution in [0.2, 0.25) is 0 Å². The molecular formula is C35H42N4O7. The fraction of sp³-hybridized carbons (Fsp3) is 0.343. The number of nitrogens with zero attached hydrogens (tertiary/aromatic N) is 1. The Bertz CT molecular complexity index is 1460. The fourth-order valence-electron chi connectivity index (χ4n) is 4.49. The number of carbonyl (C=O) groups is 5. The third-order valence-corrected chi connectivity index (χ3v) is 6.91. The van der Waals surface area contributed by atoms with E-state index in [-0.39, 0.29) is 19.4 Å². The summed E-state index contributed by atoms with van der Waals surface area (Å²) in [6.45, 7) is 5.07. The first-order valence-electron chi connectivity index (χ1n) is 15.0. The number of ether oxygens (including phenoxy) is 2. The number of primary amides is 1. The first-order valence-corrected chi connectivity index (χ1v) is 15.0. The second-order valence-corrected chi connectivity index (χ2v) is 11.9. The monoisotopic (exact) mass is 630 g/mol. The molecular weight excluding hydrogens is 588 g/mol. The lowest BCUT2D eigenvalue weighted by Crippen LogP contribution is -2.58. The van der Waals surface area contributed by atoms with E-state index in [0.29, 0.717) is 0 Å². The van der Waals surface area contributed by atoms with Gasteiger partial charge in [0, 0.05) is 19.9 Å². The van der Waals surface area contributed by atoms with Crippen LogP contribution in [-0.2, 0) is 48.1 Å². The molecule has 244 valence electrons. The zero-order valence-corrected chi connectivity index (χ0v) is 26.6. The summed E-state index contributed by atoms with van der Waals surface area (Å²) >= 11 is 0. The molecule has 11 nitrogen and oxygen atoms in total. The number of benzene rings is 3. The average molecular weight is 631 g/mol. The standard InChI is InChI=1S/C35H42N4O7/c1-35(2,3)46-34(44)39(4)29(21-25-16-10-6-11-17-25)33(43)38-28(22-30(40)45-23-26-18-12-7-13-19-26)32(42)37-27(31(36)41)20-24-14-8-5-9-15-24/h5-19,27-29H,20-23H2,1-4H3,(H2,36,41)(H,37,42)(H,38,43)/t27-,28-,29-/m0/s1. The number of carbonyl (C=O) groups excluding carboxylic acids is 5. The van der Waals surface area contributed by atoms with Crippen molar-refractivity contribution >= 4 is 29.8 Å². The van der Waals surface area contributed by atoms with Gasteiger partial charge in [-0.1, -0.05) is 91.0 Å². The van der Waals surface area contributed by atoms with E-state index >= 15 is 0 Å². The average Bonchev–Trinajstić information content (AvgIpc) is 3.02. The lowest BCUT2D eigenvalue weighted by atomic mass is 10.0. The molecule has 0 bridgehead atoms. The van der Waals surface area contributed by atoms with E-state index in [0.717, 1.165) is 21.6 Å². The van der Waals surface area contributed by atoms with Gasteiger partial charge in [0.2, 0.25) is 17.7 Å². The summed E-state index contributed by atoms with van der Waals surface area (Å²) in [7, 11) is 1.42. The van der Waals surface area contributed by atoms with Gasteiger partial charge >= 0.3 is 12.1 Å². The van der Waals surface area contributed by atoms with Crippen LogP contribution < -0.4 is 16.4 Å². The lowest BCUT2D eigenvalue weighted by molar-refractivity contribution is -0.147. The Morgan fingerprint density at radius 1 is 0.717 bits per heavy atom. The Morgan fingerprint density at radius 2 is 1.20 bits per heavy atom. The van der Waals surface area contributed by atoms with Crippen molar-refractivity contribution in [2.24, 2.45) is 5.73 Å². The highest BCUT2D eigenvalue weighted by Crippen LogP contribution is 2.15. The second kappa shape index (κ2) is 16.8. The van der Waals surface area contributed by atoms with E-state index in [1.807, 2.05) is 18.2 Å². The van der Waals surface area contributed by atoms with Crippen molar-refractivity contribution in [1.29, 1.82) is 0 Å². The van der Waals surface area contributed by atoms with E-state index < -0.39 is 59.9 Å². The fourth-order valence-corrected chi connectivity index (χ4v) is 4.49. The number of rotatable bonds is 14. The number of esters is 1. The molecule has 3 aromatic carbocycles. The van der Waals surface area contributed by atoms with Crippen LogP contribution >= 0.6 is 0 Å². The molecule has 0 aliphatic carbocycles. The second-order valence-electron chi connectivity index (χ2n) is 11.9. The van der Waals surface area contributed by atoms with Crippen molar-refractivity contribution in [2.45, 2.75) is 70.4 Å². The van der Waals surface area contributed by atoms with Crippen molar-refractivity contribution in [3.05, 3.63) is 108 Å². The Hall–Kier alpha value is -5.19. The molecule has 11 heteroatoms. The Morgan fingerprint density at radius 3 is 1.70 bits per heavy atom. The summed E-state index contributed by atoms with van der Waals surface area (Å²) in [5, 5.41) is 5.20. The number of hydrogen-bond acceptors (Lipinski definition) is 7. The van der Waals surface area contributed by atoms with Gasteiger partial charge in [-0.25, -0.2) is 4.79 Å². The van der Waals surface area contributed by atoms with E-state index in [1.165, 1.54) is 7.05 Å². The molecule has 4 N–H and O–H groups in total. The zero-order chi connectivity index (χ0) is 33.7. The summed E-state index contributed by atoms with van der Waals surface area (Å²) < 4.78 is 10.9. The first kappa shape index (κ1) is 35.3. The van der Waals surface area contributed by atoms with Gasteiger partial charge in [0.05, 0.1) is 6.42 Å². The number of hydrogen-bond donors (Lipinski definition) is 3. The Kier molecular flexibility index (Phi) is 12.9. The summed E-state index contributed by atoms with van der Waals surface area (Å²) in [6.07, 6.45) is -1.11. The van der Waals surface area contributed by atoms with Crippen molar-refractivity contribution < 1.29 is 33.4 Å². The van der Waals surface area contributed by atoms with Gasteiger partial charge in [-0.2, -0.15) is 0 Å². The van der Waals surface area contributed by atoms with Gasteiger partial charge in [0.15, 0.2) is 0 Å². The highest BCUT2D eigenvalue weighted by Gasteiger charge is 2.35. The molecule has 3 aromatic rings. The van der Waals surface area contributed by atoms with Gasteiger partial charge < -0.3 is 25.8 Å². The van der Waals surface area contributed by atoms with E-state index in [1.54, 1.807) is 93.6 Å². The number of nitrogens with one attached hydrogen (secondary N) is 2. The molecule has 3 atom stereocenters. The predicted molar refractivity (Wildman–Crippen MR) is 172 cm³/mol. The predicted octanol–water partition coefficient (Wildman–Crippen LogP) is 3.30. The normalized spacial score (nSPS) is 13.0. The maximum absolute atomic E-state index is 13.9. The SMILES string of the molecule is CN(C(=O)OC(C)(C)C)[C@@H](Cc1ccccc1)C(=O)N[C@@H](CC(=O)OCc1ccccc1)C(=O)N[C@@H](Cc1ccccc1)C(N)=O. The van der Waals surface area contributed by atoms with Gasteiger partial charge in [-0.05, 0) is 37.5 Å². The molecule has 0 unspecified atom stereocenters. The van der Waals surface area contributed by atoms with Gasteiger partial charge in [0.1, 0.15) is 30.3 Å². The maximum atomic E-state index is 13.9. The van der Waals surface area contributed by atoms with Crippen molar-refractivity contribution in [3.8, 4) is 0 Å². The number of amides is 4. The number of likely N-dealkylation sites (N-methyl/N-ethyl adjacent to an activating group) is 1. The van der Waals surface area contributed by atoms with Crippen LogP contribution in [0.3, 0.4) is 0 Å². The number of nitrogens with two attached hydrogens (primary N) is 1.